The van der Waals surface area contributed by atoms with Crippen LogP contribution in [0.4, 0.5) is 5.95 Å². The Hall–Kier alpha value is -1.63. The number of fused-ring (bicyclic) bond motifs is 1. The number of nitrogens with two attached hydrogens (primary N) is 1. The SMILES string of the molecule is Cc1cnc2c(c1)nc(N)n2C1(C)CCS(=O)(=O)C1. The number of aromatic nitrogens is 3. The molecule has 7 heteroatoms. The van der Waals surface area contributed by atoms with Crippen LogP contribution in [-0.4, -0.2) is 34.5 Å². The highest BCUT2D eigenvalue weighted by molar-refractivity contribution is 7.91. The summed E-state index contributed by atoms with van der Waals surface area (Å²) in [4.78, 5) is 8.66. The maximum Gasteiger partial charge on any atom is 0.202 e. The van der Waals surface area contributed by atoms with Gasteiger partial charge in [0.1, 0.15) is 5.52 Å². The summed E-state index contributed by atoms with van der Waals surface area (Å²) in [7, 11) is -3.01. The summed E-state index contributed by atoms with van der Waals surface area (Å²) in [5, 5.41) is 0. The lowest BCUT2D eigenvalue weighted by molar-refractivity contribution is 0.379. The van der Waals surface area contributed by atoms with Gasteiger partial charge in [-0.2, -0.15) is 0 Å². The molecule has 102 valence electrons. The summed E-state index contributed by atoms with van der Waals surface area (Å²) in [5.41, 5.74) is 7.79. The van der Waals surface area contributed by atoms with Gasteiger partial charge >= 0.3 is 0 Å². The summed E-state index contributed by atoms with van der Waals surface area (Å²) >= 11 is 0. The second-order valence-corrected chi connectivity index (χ2v) is 7.68. The summed E-state index contributed by atoms with van der Waals surface area (Å²) < 4.78 is 25.3. The molecule has 1 unspecified atom stereocenters. The first kappa shape index (κ1) is 12.4. The van der Waals surface area contributed by atoms with Gasteiger partial charge in [-0.25, -0.2) is 18.4 Å². The smallest absolute Gasteiger partial charge is 0.202 e. The molecule has 0 radical (unpaired) electrons. The second-order valence-electron chi connectivity index (χ2n) is 5.50. The molecule has 1 aliphatic rings. The lowest BCUT2D eigenvalue weighted by Crippen LogP contribution is -2.32. The Morgan fingerprint density at radius 3 is 2.84 bits per heavy atom. The van der Waals surface area contributed by atoms with Crippen molar-refractivity contribution in [2.75, 3.05) is 17.2 Å². The predicted octanol–water partition coefficient (Wildman–Crippen LogP) is 0.856. The van der Waals surface area contributed by atoms with Crippen molar-refractivity contribution in [1.29, 1.82) is 0 Å². The highest BCUT2D eigenvalue weighted by Crippen LogP contribution is 2.35. The van der Waals surface area contributed by atoms with E-state index >= 15 is 0 Å². The van der Waals surface area contributed by atoms with E-state index in [1.54, 1.807) is 10.8 Å². The highest BCUT2D eigenvalue weighted by atomic mass is 32.2. The topological polar surface area (TPSA) is 90.9 Å². The van der Waals surface area contributed by atoms with E-state index in [0.717, 1.165) is 5.56 Å². The van der Waals surface area contributed by atoms with Gasteiger partial charge in [0, 0.05) is 6.20 Å². The molecule has 0 amide bonds. The molecule has 3 rings (SSSR count). The first-order valence-corrected chi connectivity index (χ1v) is 7.94. The van der Waals surface area contributed by atoms with Crippen molar-refractivity contribution in [3.8, 4) is 0 Å². The Balaban J connectivity index is 2.23. The highest BCUT2D eigenvalue weighted by Gasteiger charge is 2.42. The molecule has 0 aromatic carbocycles. The minimum absolute atomic E-state index is 0.0885. The molecule has 0 saturated carbocycles. The van der Waals surface area contributed by atoms with Gasteiger partial charge in [0.05, 0.1) is 17.0 Å². The third-order valence-corrected chi connectivity index (χ3v) is 5.57. The first-order chi connectivity index (χ1) is 8.81. The Kier molecular flexibility index (Phi) is 2.41. The fourth-order valence-electron chi connectivity index (χ4n) is 2.79. The van der Waals surface area contributed by atoms with Gasteiger partial charge in [-0.3, -0.25) is 4.57 Å². The van der Waals surface area contributed by atoms with E-state index in [-0.39, 0.29) is 11.5 Å². The zero-order chi connectivity index (χ0) is 13.8. The predicted molar refractivity (Wildman–Crippen MR) is 73.6 cm³/mol. The van der Waals surface area contributed by atoms with Crippen molar-refractivity contribution in [2.45, 2.75) is 25.8 Å². The minimum atomic E-state index is -3.01. The molecule has 0 spiro atoms. The lowest BCUT2D eigenvalue weighted by atomic mass is 10.0. The number of hydrogen-bond acceptors (Lipinski definition) is 5. The largest absolute Gasteiger partial charge is 0.369 e. The van der Waals surface area contributed by atoms with Crippen LogP contribution in [0.1, 0.15) is 18.9 Å². The van der Waals surface area contributed by atoms with Crippen LogP contribution in [0.3, 0.4) is 0 Å². The molecule has 2 N–H and O–H groups in total. The van der Waals surface area contributed by atoms with E-state index in [1.807, 2.05) is 19.9 Å². The summed E-state index contributed by atoms with van der Waals surface area (Å²) in [6.45, 7) is 3.83. The number of imidazole rings is 1. The summed E-state index contributed by atoms with van der Waals surface area (Å²) in [6.07, 6.45) is 2.29. The number of nitrogen functional groups attached to an aromatic ring is 1. The number of sulfone groups is 1. The van der Waals surface area contributed by atoms with Gasteiger partial charge in [-0.1, -0.05) is 0 Å². The van der Waals surface area contributed by atoms with Crippen LogP contribution in [0, 0.1) is 6.92 Å². The first-order valence-electron chi connectivity index (χ1n) is 6.12. The van der Waals surface area contributed by atoms with Crippen molar-refractivity contribution in [1.82, 2.24) is 14.5 Å². The van der Waals surface area contributed by atoms with E-state index in [2.05, 4.69) is 9.97 Å². The van der Waals surface area contributed by atoms with E-state index in [1.165, 1.54) is 0 Å². The fourth-order valence-corrected chi connectivity index (χ4v) is 4.90. The van der Waals surface area contributed by atoms with Crippen LogP contribution in [0.2, 0.25) is 0 Å². The number of rotatable bonds is 1. The van der Waals surface area contributed by atoms with Crippen LogP contribution >= 0.6 is 0 Å². The third kappa shape index (κ3) is 1.88. The van der Waals surface area contributed by atoms with Crippen LogP contribution in [0.15, 0.2) is 12.3 Å². The van der Waals surface area contributed by atoms with Crippen molar-refractivity contribution in [2.24, 2.45) is 0 Å². The van der Waals surface area contributed by atoms with Gasteiger partial charge < -0.3 is 5.73 Å². The Bertz CT molecular complexity index is 765. The minimum Gasteiger partial charge on any atom is -0.369 e. The van der Waals surface area contributed by atoms with Gasteiger partial charge in [0.25, 0.3) is 0 Å². The van der Waals surface area contributed by atoms with Gasteiger partial charge in [-0.05, 0) is 31.9 Å². The molecular formula is C12H16N4O2S. The molecule has 2 aromatic rings. The van der Waals surface area contributed by atoms with E-state index in [0.29, 0.717) is 23.5 Å². The van der Waals surface area contributed by atoms with Crippen LogP contribution in [0.5, 0.6) is 0 Å². The monoisotopic (exact) mass is 280 g/mol. The number of aryl methyl sites for hydroxylation is 1. The Morgan fingerprint density at radius 2 is 2.21 bits per heavy atom. The zero-order valence-electron chi connectivity index (χ0n) is 10.9. The third-order valence-electron chi connectivity index (χ3n) is 3.68. The van der Waals surface area contributed by atoms with Crippen LogP contribution in [-0.2, 0) is 15.4 Å². The van der Waals surface area contributed by atoms with E-state index in [4.69, 9.17) is 5.73 Å². The molecule has 0 aliphatic carbocycles. The van der Waals surface area contributed by atoms with E-state index in [9.17, 15) is 8.42 Å². The quantitative estimate of drug-likeness (QED) is 0.836. The average molecular weight is 280 g/mol. The maximum absolute atomic E-state index is 11.7. The number of hydrogen-bond donors (Lipinski definition) is 1. The molecule has 1 atom stereocenters. The summed E-state index contributed by atoms with van der Waals surface area (Å²) in [6, 6.07) is 1.90. The molecule has 6 nitrogen and oxygen atoms in total. The van der Waals surface area contributed by atoms with Gasteiger partial charge in [-0.15, -0.1) is 0 Å². The standard InChI is InChI=1S/C12H16N4O2S/c1-8-5-9-10(14-6-8)16(11(13)15-9)12(2)3-4-19(17,18)7-12/h5-6H,3-4,7H2,1-2H3,(H2,13,15). The fraction of sp³-hybridized carbons (Fsp3) is 0.500. The molecule has 1 aliphatic heterocycles. The zero-order valence-corrected chi connectivity index (χ0v) is 11.7. The van der Waals surface area contributed by atoms with Crippen molar-refractivity contribution >= 4 is 26.9 Å². The van der Waals surface area contributed by atoms with Gasteiger partial charge in [0.2, 0.25) is 5.95 Å². The molecule has 1 saturated heterocycles. The second kappa shape index (κ2) is 3.69. The molecule has 1 fully saturated rings. The summed E-state index contributed by atoms with van der Waals surface area (Å²) in [5.74, 6) is 0.604. The normalized spacial score (nSPS) is 26.0. The molecule has 19 heavy (non-hydrogen) atoms. The van der Waals surface area contributed by atoms with E-state index < -0.39 is 15.4 Å². The molecule has 3 heterocycles. The lowest BCUT2D eigenvalue weighted by Gasteiger charge is -2.25. The van der Waals surface area contributed by atoms with Crippen molar-refractivity contribution in [3.63, 3.8) is 0 Å². The van der Waals surface area contributed by atoms with Crippen molar-refractivity contribution < 1.29 is 8.42 Å². The molecular weight excluding hydrogens is 264 g/mol. The number of nitrogens with zero attached hydrogens (tertiary/aromatic N) is 3. The number of anilines is 1. The van der Waals surface area contributed by atoms with Crippen molar-refractivity contribution in [3.05, 3.63) is 17.8 Å². The van der Waals surface area contributed by atoms with Crippen LogP contribution in [0.25, 0.3) is 11.2 Å². The molecule has 2 aromatic heterocycles. The Labute approximate surface area is 111 Å². The van der Waals surface area contributed by atoms with Crippen LogP contribution < -0.4 is 5.73 Å². The Morgan fingerprint density at radius 1 is 1.47 bits per heavy atom. The number of pyridine rings is 1. The average Bonchev–Trinajstić information content (AvgIpc) is 2.75. The maximum atomic E-state index is 11.7. The molecule has 0 bridgehead atoms. The van der Waals surface area contributed by atoms with Gasteiger partial charge in [0.15, 0.2) is 15.5 Å².